The molecule has 0 spiro atoms. The molecule has 106 valence electrons. The fourth-order valence-electron chi connectivity index (χ4n) is 2.39. The summed E-state index contributed by atoms with van der Waals surface area (Å²) in [6.45, 7) is 3.36. The van der Waals surface area contributed by atoms with Crippen molar-refractivity contribution >= 4 is 28.6 Å². The van der Waals surface area contributed by atoms with Crippen LogP contribution in [0.2, 0.25) is 5.02 Å². The molecule has 0 saturated carbocycles. The highest BCUT2D eigenvalue weighted by Gasteiger charge is 2.28. The molecule has 1 aliphatic heterocycles. The number of ether oxygens (including phenoxy) is 1. The maximum atomic E-state index is 11.6. The Bertz CT molecular complexity index is 643. The largest absolute Gasteiger partial charge is 0.367 e. The van der Waals surface area contributed by atoms with Gasteiger partial charge in [0.25, 0.3) is 5.56 Å². The first-order chi connectivity index (χ1) is 9.65. The molecule has 0 aromatic carbocycles. The minimum Gasteiger partial charge on any atom is -0.367 e. The topological polar surface area (TPSA) is 58.2 Å². The van der Waals surface area contributed by atoms with Gasteiger partial charge in [0.05, 0.1) is 18.0 Å². The van der Waals surface area contributed by atoms with Crippen molar-refractivity contribution in [3.63, 3.8) is 0 Å². The third-order valence-corrected chi connectivity index (χ3v) is 4.36. The lowest BCUT2D eigenvalue weighted by Gasteiger charge is -2.38. The Hall–Kier alpha value is -1.37. The summed E-state index contributed by atoms with van der Waals surface area (Å²) in [5.74, 6) is 0. The van der Waals surface area contributed by atoms with E-state index in [0.717, 1.165) is 5.56 Å². The van der Waals surface area contributed by atoms with E-state index in [4.69, 9.17) is 16.3 Å². The normalized spacial score (nSPS) is 23.0. The van der Waals surface area contributed by atoms with Gasteiger partial charge in [-0.1, -0.05) is 11.6 Å². The lowest BCUT2D eigenvalue weighted by molar-refractivity contribution is -0.0171. The molecule has 0 radical (unpaired) electrons. The zero-order chi connectivity index (χ0) is 14.1. The van der Waals surface area contributed by atoms with Crippen molar-refractivity contribution in [2.75, 3.05) is 18.0 Å². The van der Waals surface area contributed by atoms with Crippen molar-refractivity contribution < 1.29 is 4.74 Å². The van der Waals surface area contributed by atoms with Gasteiger partial charge in [-0.15, -0.1) is 0 Å². The van der Waals surface area contributed by atoms with Gasteiger partial charge in [0.2, 0.25) is 0 Å². The molecule has 1 aliphatic rings. The van der Waals surface area contributed by atoms with Crippen LogP contribution >= 0.6 is 22.9 Å². The number of thiophene rings is 1. The Morgan fingerprint density at radius 1 is 1.55 bits per heavy atom. The SMILES string of the molecule is C[C@H]1CN(c2cn[nH]c(=O)c2Cl)C[C@H](c2ccsc2)O1. The molecule has 0 aliphatic carbocycles. The summed E-state index contributed by atoms with van der Waals surface area (Å²) < 4.78 is 5.97. The Balaban J connectivity index is 1.90. The van der Waals surface area contributed by atoms with E-state index in [9.17, 15) is 4.79 Å². The molecular weight excluding hydrogens is 298 g/mol. The Morgan fingerprint density at radius 2 is 2.40 bits per heavy atom. The van der Waals surface area contributed by atoms with Crippen molar-refractivity contribution in [1.29, 1.82) is 0 Å². The average Bonchev–Trinajstić information content (AvgIpc) is 2.95. The highest BCUT2D eigenvalue weighted by molar-refractivity contribution is 7.07. The second-order valence-electron chi connectivity index (χ2n) is 4.80. The molecule has 2 aromatic heterocycles. The maximum Gasteiger partial charge on any atom is 0.285 e. The number of aromatic nitrogens is 2. The zero-order valence-corrected chi connectivity index (χ0v) is 12.4. The van der Waals surface area contributed by atoms with E-state index in [-0.39, 0.29) is 22.8 Å². The molecule has 2 atom stereocenters. The number of H-pyrrole nitrogens is 1. The average molecular weight is 312 g/mol. The van der Waals surface area contributed by atoms with Gasteiger partial charge in [0, 0.05) is 13.1 Å². The van der Waals surface area contributed by atoms with E-state index in [0.29, 0.717) is 18.8 Å². The minimum atomic E-state index is -0.365. The Kier molecular flexibility index (Phi) is 3.78. The summed E-state index contributed by atoms with van der Waals surface area (Å²) in [6, 6.07) is 2.06. The van der Waals surface area contributed by atoms with Crippen molar-refractivity contribution in [3.8, 4) is 0 Å². The number of morpholine rings is 1. The van der Waals surface area contributed by atoms with E-state index < -0.39 is 0 Å². The maximum absolute atomic E-state index is 11.6. The minimum absolute atomic E-state index is 0.0136. The molecule has 3 rings (SSSR count). The van der Waals surface area contributed by atoms with Crippen LogP contribution in [0.5, 0.6) is 0 Å². The summed E-state index contributed by atoms with van der Waals surface area (Å²) in [5, 5.41) is 10.5. The molecule has 1 fully saturated rings. The van der Waals surface area contributed by atoms with Crippen LogP contribution in [0.25, 0.3) is 0 Å². The van der Waals surface area contributed by atoms with E-state index in [1.165, 1.54) is 0 Å². The van der Waals surface area contributed by atoms with Gasteiger partial charge in [0.1, 0.15) is 11.1 Å². The summed E-state index contributed by atoms with van der Waals surface area (Å²) in [7, 11) is 0. The molecule has 7 heteroatoms. The molecule has 1 N–H and O–H groups in total. The van der Waals surface area contributed by atoms with Crippen molar-refractivity contribution in [2.45, 2.75) is 19.1 Å². The molecule has 2 aromatic rings. The van der Waals surface area contributed by atoms with Gasteiger partial charge in [-0.3, -0.25) is 4.79 Å². The highest BCUT2D eigenvalue weighted by atomic mass is 35.5. The number of aromatic amines is 1. The molecule has 0 bridgehead atoms. The first kappa shape index (κ1) is 13.6. The van der Waals surface area contributed by atoms with Crippen molar-refractivity contribution in [2.24, 2.45) is 0 Å². The third kappa shape index (κ3) is 2.59. The standard InChI is InChI=1S/C13H14ClN3O2S/c1-8-5-17(10-4-15-16-13(18)12(10)14)6-11(19-8)9-2-3-20-7-9/h2-4,7-8,11H,5-6H2,1H3,(H,16,18)/t8-,11+/m0/s1. The van der Waals surface area contributed by atoms with Gasteiger partial charge in [0.15, 0.2) is 0 Å². The van der Waals surface area contributed by atoms with Gasteiger partial charge < -0.3 is 9.64 Å². The number of rotatable bonds is 2. The smallest absolute Gasteiger partial charge is 0.285 e. The van der Waals surface area contributed by atoms with Crippen molar-refractivity contribution in [3.05, 3.63) is 44.0 Å². The van der Waals surface area contributed by atoms with Crippen LogP contribution in [-0.4, -0.2) is 29.4 Å². The van der Waals surface area contributed by atoms with Crippen LogP contribution in [0, 0.1) is 0 Å². The third-order valence-electron chi connectivity index (χ3n) is 3.29. The fourth-order valence-corrected chi connectivity index (χ4v) is 3.30. The van der Waals surface area contributed by atoms with E-state index >= 15 is 0 Å². The quantitative estimate of drug-likeness (QED) is 0.925. The second kappa shape index (κ2) is 5.55. The predicted octanol–water partition coefficient (Wildman–Crippen LogP) is 2.45. The van der Waals surface area contributed by atoms with Crippen LogP contribution in [0.15, 0.2) is 27.8 Å². The van der Waals surface area contributed by atoms with E-state index in [1.54, 1.807) is 17.5 Å². The number of nitrogens with one attached hydrogen (secondary N) is 1. The van der Waals surface area contributed by atoms with Gasteiger partial charge in [-0.05, 0) is 29.3 Å². The number of hydrogen-bond donors (Lipinski definition) is 1. The van der Waals surface area contributed by atoms with Crippen LogP contribution in [0.4, 0.5) is 5.69 Å². The van der Waals surface area contributed by atoms with E-state index in [2.05, 4.69) is 26.5 Å². The number of nitrogens with zero attached hydrogens (tertiary/aromatic N) is 2. The first-order valence-corrected chi connectivity index (χ1v) is 7.63. The summed E-state index contributed by atoms with van der Waals surface area (Å²) in [6.07, 6.45) is 1.64. The monoisotopic (exact) mass is 311 g/mol. The number of anilines is 1. The van der Waals surface area contributed by atoms with Crippen LogP contribution in [0.1, 0.15) is 18.6 Å². The molecule has 1 saturated heterocycles. The Morgan fingerprint density at radius 3 is 3.15 bits per heavy atom. The molecule has 3 heterocycles. The lowest BCUT2D eigenvalue weighted by atomic mass is 10.1. The highest BCUT2D eigenvalue weighted by Crippen LogP contribution is 2.31. The first-order valence-electron chi connectivity index (χ1n) is 6.31. The second-order valence-corrected chi connectivity index (χ2v) is 5.95. The summed E-state index contributed by atoms with van der Waals surface area (Å²) >= 11 is 7.73. The van der Waals surface area contributed by atoms with Gasteiger partial charge in [-0.25, -0.2) is 5.10 Å². The van der Waals surface area contributed by atoms with Crippen LogP contribution in [-0.2, 0) is 4.74 Å². The molecule has 0 unspecified atom stereocenters. The molecule has 5 nitrogen and oxygen atoms in total. The summed E-state index contributed by atoms with van der Waals surface area (Å²) in [4.78, 5) is 13.6. The fraction of sp³-hybridized carbons (Fsp3) is 0.385. The van der Waals surface area contributed by atoms with E-state index in [1.807, 2.05) is 12.3 Å². The molecular formula is C13H14ClN3O2S. The summed E-state index contributed by atoms with van der Waals surface area (Å²) in [5.41, 5.74) is 1.45. The van der Waals surface area contributed by atoms with Crippen LogP contribution < -0.4 is 10.5 Å². The zero-order valence-electron chi connectivity index (χ0n) is 10.9. The number of hydrogen-bond acceptors (Lipinski definition) is 5. The predicted molar refractivity (Wildman–Crippen MR) is 79.7 cm³/mol. The number of halogens is 1. The lowest BCUT2D eigenvalue weighted by Crippen LogP contribution is -2.43. The Labute approximate surface area is 125 Å². The molecule has 0 amide bonds. The van der Waals surface area contributed by atoms with Gasteiger partial charge in [-0.2, -0.15) is 16.4 Å². The van der Waals surface area contributed by atoms with Gasteiger partial charge >= 0.3 is 0 Å². The van der Waals surface area contributed by atoms with Crippen molar-refractivity contribution in [1.82, 2.24) is 10.2 Å². The van der Waals surface area contributed by atoms with Crippen LogP contribution in [0.3, 0.4) is 0 Å². The molecule has 20 heavy (non-hydrogen) atoms.